The minimum absolute atomic E-state index is 0.151. The van der Waals surface area contributed by atoms with Gasteiger partial charge in [0.1, 0.15) is 5.75 Å². The van der Waals surface area contributed by atoms with Gasteiger partial charge in [0.2, 0.25) is 5.91 Å². The SMILES string of the molecule is CC(C)(C(=O)O)C1CCCN(C(=O)CS(C)(=O)=O)C1. The molecule has 1 amide bonds. The van der Waals surface area contributed by atoms with Crippen LogP contribution in [-0.4, -0.2) is 55.4 Å². The first kappa shape index (κ1) is 15.9. The molecule has 110 valence electrons. The van der Waals surface area contributed by atoms with Gasteiger partial charge < -0.3 is 10.0 Å². The zero-order chi connectivity index (χ0) is 14.8. The van der Waals surface area contributed by atoms with E-state index in [4.69, 9.17) is 0 Å². The fourth-order valence-electron chi connectivity index (χ4n) is 2.28. The van der Waals surface area contributed by atoms with Crippen LogP contribution in [0.4, 0.5) is 0 Å². The van der Waals surface area contributed by atoms with E-state index in [1.165, 1.54) is 4.90 Å². The fourth-order valence-corrected chi connectivity index (χ4v) is 2.91. The number of hydrogen-bond donors (Lipinski definition) is 1. The molecule has 0 aromatic rings. The Labute approximate surface area is 113 Å². The molecule has 19 heavy (non-hydrogen) atoms. The zero-order valence-electron chi connectivity index (χ0n) is 11.5. The molecule has 0 aromatic heterocycles. The number of nitrogens with zero attached hydrogens (tertiary/aromatic N) is 1. The van der Waals surface area contributed by atoms with Gasteiger partial charge in [-0.1, -0.05) is 0 Å². The Morgan fingerprint density at radius 3 is 2.42 bits per heavy atom. The average Bonchev–Trinajstić information content (AvgIpc) is 2.26. The van der Waals surface area contributed by atoms with Crippen LogP contribution >= 0.6 is 0 Å². The molecule has 0 saturated carbocycles. The van der Waals surface area contributed by atoms with E-state index in [1.54, 1.807) is 13.8 Å². The van der Waals surface area contributed by atoms with Crippen LogP contribution in [0.25, 0.3) is 0 Å². The molecule has 1 atom stereocenters. The van der Waals surface area contributed by atoms with Crippen molar-refractivity contribution >= 4 is 21.7 Å². The summed E-state index contributed by atoms with van der Waals surface area (Å²) in [5.74, 6) is -1.99. The van der Waals surface area contributed by atoms with Gasteiger partial charge in [-0.2, -0.15) is 0 Å². The lowest BCUT2D eigenvalue weighted by Gasteiger charge is -2.39. The van der Waals surface area contributed by atoms with Crippen LogP contribution in [-0.2, 0) is 19.4 Å². The molecule has 0 radical (unpaired) electrons. The number of carbonyl (C=O) groups is 2. The molecule has 0 aliphatic carbocycles. The number of carboxylic acids is 1. The normalized spacial score (nSPS) is 21.2. The Morgan fingerprint density at radius 1 is 1.37 bits per heavy atom. The molecule has 1 unspecified atom stereocenters. The van der Waals surface area contributed by atoms with Gasteiger partial charge in [0.05, 0.1) is 5.41 Å². The number of hydrogen-bond acceptors (Lipinski definition) is 4. The zero-order valence-corrected chi connectivity index (χ0v) is 12.4. The number of rotatable bonds is 4. The van der Waals surface area contributed by atoms with Crippen LogP contribution in [0, 0.1) is 11.3 Å². The first-order valence-electron chi connectivity index (χ1n) is 6.23. The van der Waals surface area contributed by atoms with Crippen molar-refractivity contribution in [3.63, 3.8) is 0 Å². The highest BCUT2D eigenvalue weighted by atomic mass is 32.2. The monoisotopic (exact) mass is 291 g/mol. The third kappa shape index (κ3) is 4.19. The summed E-state index contributed by atoms with van der Waals surface area (Å²) in [4.78, 5) is 24.6. The van der Waals surface area contributed by atoms with Gasteiger partial charge in [-0.15, -0.1) is 0 Å². The van der Waals surface area contributed by atoms with Crippen LogP contribution in [0.1, 0.15) is 26.7 Å². The van der Waals surface area contributed by atoms with Crippen molar-refractivity contribution in [2.24, 2.45) is 11.3 Å². The summed E-state index contributed by atoms with van der Waals surface area (Å²) in [6, 6.07) is 0. The predicted octanol–water partition coefficient (Wildman–Crippen LogP) is 0.380. The third-order valence-electron chi connectivity index (χ3n) is 3.73. The van der Waals surface area contributed by atoms with Gasteiger partial charge in [0.15, 0.2) is 9.84 Å². The summed E-state index contributed by atoms with van der Waals surface area (Å²) in [5.41, 5.74) is -0.913. The number of carbonyl (C=O) groups excluding carboxylic acids is 1. The van der Waals surface area contributed by atoms with Gasteiger partial charge in [-0.05, 0) is 32.6 Å². The van der Waals surface area contributed by atoms with E-state index in [0.717, 1.165) is 12.7 Å². The summed E-state index contributed by atoms with van der Waals surface area (Å²) in [7, 11) is -3.35. The third-order valence-corrected chi connectivity index (χ3v) is 4.50. The largest absolute Gasteiger partial charge is 0.481 e. The predicted molar refractivity (Wildman–Crippen MR) is 70.4 cm³/mol. The fraction of sp³-hybridized carbons (Fsp3) is 0.833. The van der Waals surface area contributed by atoms with E-state index in [1.807, 2.05) is 0 Å². The van der Waals surface area contributed by atoms with Crippen molar-refractivity contribution in [2.45, 2.75) is 26.7 Å². The second-order valence-corrected chi connectivity index (χ2v) is 7.92. The molecule has 7 heteroatoms. The molecule has 1 rings (SSSR count). The molecular weight excluding hydrogens is 270 g/mol. The van der Waals surface area contributed by atoms with Crippen LogP contribution in [0.2, 0.25) is 0 Å². The van der Waals surface area contributed by atoms with Gasteiger partial charge in [0, 0.05) is 19.3 Å². The Kier molecular flexibility index (Phi) is 4.60. The number of aliphatic carboxylic acids is 1. The van der Waals surface area contributed by atoms with E-state index in [2.05, 4.69) is 0 Å². The molecule has 1 heterocycles. The van der Waals surface area contributed by atoms with Crippen molar-refractivity contribution in [2.75, 3.05) is 25.1 Å². The van der Waals surface area contributed by atoms with Gasteiger partial charge in [0.25, 0.3) is 0 Å². The van der Waals surface area contributed by atoms with Gasteiger partial charge in [-0.25, -0.2) is 8.42 Å². The lowest BCUT2D eigenvalue weighted by Crippen LogP contribution is -2.48. The average molecular weight is 291 g/mol. The minimum atomic E-state index is -3.35. The first-order chi connectivity index (χ1) is 8.54. The van der Waals surface area contributed by atoms with Crippen molar-refractivity contribution in [1.82, 2.24) is 4.90 Å². The lowest BCUT2D eigenvalue weighted by atomic mass is 9.74. The number of sulfone groups is 1. The molecular formula is C12H21NO5S. The lowest BCUT2D eigenvalue weighted by molar-refractivity contribution is -0.152. The standard InChI is InChI=1S/C12H21NO5S/c1-12(2,11(15)16)9-5-4-6-13(7-9)10(14)8-19(3,17)18/h9H,4-8H2,1-3H3,(H,15,16). The summed E-state index contributed by atoms with van der Waals surface area (Å²) < 4.78 is 22.3. The van der Waals surface area contributed by atoms with Crippen molar-refractivity contribution in [3.05, 3.63) is 0 Å². The number of likely N-dealkylation sites (tertiary alicyclic amines) is 1. The topological polar surface area (TPSA) is 91.8 Å². The Balaban J connectivity index is 2.75. The summed E-state index contributed by atoms with van der Waals surface area (Å²) in [6.07, 6.45) is 2.46. The second kappa shape index (κ2) is 5.48. The molecule has 1 saturated heterocycles. The van der Waals surface area contributed by atoms with E-state index < -0.39 is 32.9 Å². The van der Waals surface area contributed by atoms with E-state index >= 15 is 0 Å². The van der Waals surface area contributed by atoms with Gasteiger partial charge in [-0.3, -0.25) is 9.59 Å². The second-order valence-electron chi connectivity index (χ2n) is 5.78. The quantitative estimate of drug-likeness (QED) is 0.808. The molecule has 1 fully saturated rings. The first-order valence-corrected chi connectivity index (χ1v) is 8.29. The highest BCUT2D eigenvalue weighted by molar-refractivity contribution is 7.91. The van der Waals surface area contributed by atoms with Gasteiger partial charge >= 0.3 is 5.97 Å². The van der Waals surface area contributed by atoms with Crippen LogP contribution < -0.4 is 0 Å². The molecule has 1 N–H and O–H groups in total. The molecule has 1 aliphatic heterocycles. The van der Waals surface area contributed by atoms with Crippen molar-refractivity contribution in [1.29, 1.82) is 0 Å². The van der Waals surface area contributed by atoms with E-state index in [-0.39, 0.29) is 5.92 Å². The Bertz CT molecular complexity index is 469. The maximum Gasteiger partial charge on any atom is 0.309 e. The van der Waals surface area contributed by atoms with E-state index in [9.17, 15) is 23.1 Å². The molecule has 0 spiro atoms. The van der Waals surface area contributed by atoms with Crippen LogP contribution in [0.15, 0.2) is 0 Å². The van der Waals surface area contributed by atoms with Crippen LogP contribution in [0.3, 0.4) is 0 Å². The Morgan fingerprint density at radius 2 is 1.95 bits per heavy atom. The minimum Gasteiger partial charge on any atom is -0.481 e. The number of piperidine rings is 1. The summed E-state index contributed by atoms with van der Waals surface area (Å²) >= 11 is 0. The summed E-state index contributed by atoms with van der Waals surface area (Å²) in [5, 5.41) is 9.21. The van der Waals surface area contributed by atoms with Crippen molar-refractivity contribution < 1.29 is 23.1 Å². The Hall–Kier alpha value is -1.11. The maximum absolute atomic E-state index is 11.9. The van der Waals surface area contributed by atoms with Crippen molar-refractivity contribution in [3.8, 4) is 0 Å². The molecule has 6 nitrogen and oxygen atoms in total. The molecule has 0 bridgehead atoms. The summed E-state index contributed by atoms with van der Waals surface area (Å²) in [6.45, 7) is 4.10. The smallest absolute Gasteiger partial charge is 0.309 e. The highest BCUT2D eigenvalue weighted by Gasteiger charge is 2.40. The molecule has 1 aliphatic rings. The number of amides is 1. The van der Waals surface area contributed by atoms with Crippen LogP contribution in [0.5, 0.6) is 0 Å². The number of carboxylic acid groups (broad SMARTS) is 1. The maximum atomic E-state index is 11.9. The molecule has 0 aromatic carbocycles. The van der Waals surface area contributed by atoms with E-state index in [0.29, 0.717) is 19.5 Å². The highest BCUT2D eigenvalue weighted by Crippen LogP contribution is 2.34.